The van der Waals surface area contributed by atoms with Crippen LogP contribution in [0, 0.1) is 0 Å². The van der Waals surface area contributed by atoms with E-state index in [2.05, 4.69) is 39.8 Å². The molecule has 0 bridgehead atoms. The van der Waals surface area contributed by atoms with Gasteiger partial charge in [-0.2, -0.15) is 0 Å². The minimum atomic E-state index is -0.151. The number of rotatable bonds is 19. The molecule has 2 aromatic rings. The van der Waals surface area contributed by atoms with Crippen molar-refractivity contribution in [1.82, 2.24) is 4.90 Å². The summed E-state index contributed by atoms with van der Waals surface area (Å²) in [6, 6.07) is 14.4. The number of halogens is 1. The van der Waals surface area contributed by atoms with Crippen molar-refractivity contribution in [2.24, 2.45) is 5.73 Å². The third-order valence-electron chi connectivity index (χ3n) is 8.34. The monoisotopic (exact) mass is 662 g/mol. The molecule has 7 heteroatoms. The number of aromatic hydroxyl groups is 2. The molecule has 0 radical (unpaired) electrons. The summed E-state index contributed by atoms with van der Waals surface area (Å²) >= 11 is 5.27. The van der Waals surface area contributed by atoms with E-state index in [1.807, 2.05) is 24.3 Å². The number of ether oxygens (including phenoxy) is 2. The molecule has 2 aliphatic rings. The van der Waals surface area contributed by atoms with E-state index in [0.29, 0.717) is 18.1 Å². The van der Waals surface area contributed by atoms with Gasteiger partial charge in [0, 0.05) is 5.41 Å². The fourth-order valence-corrected chi connectivity index (χ4v) is 5.11. The summed E-state index contributed by atoms with van der Waals surface area (Å²) < 4.78 is 9.93. The topological polar surface area (TPSA) is 94.8 Å². The summed E-state index contributed by atoms with van der Waals surface area (Å²) in [6.07, 6.45) is 20.8. The van der Waals surface area contributed by atoms with E-state index in [1.54, 1.807) is 24.3 Å². The summed E-state index contributed by atoms with van der Waals surface area (Å²) in [6.45, 7) is 10.4. The average Bonchev–Trinajstić information content (AvgIpc) is 3.98. The van der Waals surface area contributed by atoms with E-state index < -0.39 is 0 Å². The minimum Gasteiger partial charge on any atom is -0.508 e. The molecule has 2 fully saturated rings. The van der Waals surface area contributed by atoms with Gasteiger partial charge in [-0.3, -0.25) is 0 Å². The molecule has 2 unspecified atom stereocenters. The normalized spacial score (nSPS) is 16.3. The number of phenols is 2. The molecular formula is C39H67ClN2O4. The Kier molecular flexibility index (Phi) is 24.0. The predicted octanol–water partition coefficient (Wildman–Crippen LogP) is 9.42. The second-order valence-corrected chi connectivity index (χ2v) is 13.7. The minimum absolute atomic E-state index is 0.151. The van der Waals surface area contributed by atoms with Crippen molar-refractivity contribution < 1.29 is 19.7 Å². The Balaban J connectivity index is 0.000000341. The summed E-state index contributed by atoms with van der Waals surface area (Å²) in [5.74, 6) is 1.21. The van der Waals surface area contributed by atoms with E-state index in [0.717, 1.165) is 43.9 Å². The van der Waals surface area contributed by atoms with Gasteiger partial charge in [0.2, 0.25) is 0 Å². The summed E-state index contributed by atoms with van der Waals surface area (Å²) in [7, 11) is 4.10. The highest BCUT2D eigenvalue weighted by Crippen LogP contribution is 2.33. The number of phenolic OH excluding ortho intramolecular Hbond substituents is 2. The SMILES string of the molecule is CC(C)(c1ccc(O)cc1)c1ccc(O)cc1.CCCCCCCCCCCCCCC1CO1.CN(C)CCCN.ClCC1CO1. The molecule has 6 nitrogen and oxygen atoms in total. The average molecular weight is 663 g/mol. The van der Waals surface area contributed by atoms with Gasteiger partial charge >= 0.3 is 0 Å². The Bertz CT molecular complexity index is 913. The molecule has 2 saturated heterocycles. The standard InChI is InChI=1S/C16H32O.C15H16O2.C5H14N2.C3H5ClO/c1-2-3-4-5-6-7-8-9-10-11-12-13-14-16-15-17-16;1-15(2,11-3-7-13(16)8-4-11)12-5-9-14(17)10-6-12;1-7(2)5-3-4-6;4-1-3-2-5-3/h16H,2-15H2,1H3;3-10,16-17H,1-2H3;3-6H2,1-2H3;3H,1-2H2. The number of nitrogens with two attached hydrogens (primary N) is 1. The van der Waals surface area contributed by atoms with Crippen molar-refractivity contribution in [1.29, 1.82) is 0 Å². The van der Waals surface area contributed by atoms with Gasteiger partial charge in [-0.25, -0.2) is 0 Å². The summed E-state index contributed by atoms with van der Waals surface area (Å²) in [4.78, 5) is 2.13. The summed E-state index contributed by atoms with van der Waals surface area (Å²) in [5.41, 5.74) is 7.35. The van der Waals surface area contributed by atoms with Gasteiger partial charge in [-0.15, -0.1) is 11.6 Å². The van der Waals surface area contributed by atoms with Gasteiger partial charge in [-0.05, 0) is 75.4 Å². The fourth-order valence-electron chi connectivity index (χ4n) is 4.94. The number of nitrogens with zero attached hydrogens (tertiary/aromatic N) is 1. The zero-order chi connectivity index (χ0) is 34.0. The van der Waals surface area contributed by atoms with Crippen molar-refractivity contribution in [2.75, 3.05) is 46.3 Å². The second-order valence-electron chi connectivity index (χ2n) is 13.4. The Hall–Kier alpha value is -1.83. The second kappa shape index (κ2) is 26.2. The van der Waals surface area contributed by atoms with Crippen LogP contribution in [0.15, 0.2) is 48.5 Å². The lowest BCUT2D eigenvalue weighted by Gasteiger charge is -2.26. The molecule has 0 spiro atoms. The molecular weight excluding hydrogens is 596 g/mol. The number of benzene rings is 2. The van der Waals surface area contributed by atoms with Gasteiger partial charge in [0.15, 0.2) is 0 Å². The molecule has 0 aliphatic carbocycles. The maximum absolute atomic E-state index is 9.30. The van der Waals surface area contributed by atoms with Crippen molar-refractivity contribution in [2.45, 2.75) is 128 Å². The number of epoxide rings is 2. The van der Waals surface area contributed by atoms with Crippen LogP contribution in [0.4, 0.5) is 0 Å². The van der Waals surface area contributed by atoms with Crippen LogP contribution in [0.25, 0.3) is 0 Å². The number of hydrogen-bond acceptors (Lipinski definition) is 6. The van der Waals surface area contributed by atoms with Crippen LogP contribution in [0.1, 0.15) is 122 Å². The van der Waals surface area contributed by atoms with Crippen LogP contribution in [0.5, 0.6) is 11.5 Å². The Morgan fingerprint density at radius 1 is 0.696 bits per heavy atom. The molecule has 2 atom stereocenters. The number of alkyl halides is 1. The first-order chi connectivity index (χ1) is 22.1. The van der Waals surface area contributed by atoms with Gasteiger partial charge in [0.1, 0.15) is 11.5 Å². The third kappa shape index (κ3) is 22.7. The first-order valence-electron chi connectivity index (χ1n) is 17.9. The predicted molar refractivity (Wildman–Crippen MR) is 196 cm³/mol. The Labute approximate surface area is 287 Å². The van der Waals surface area contributed by atoms with E-state index in [4.69, 9.17) is 26.8 Å². The van der Waals surface area contributed by atoms with E-state index in [-0.39, 0.29) is 16.9 Å². The highest BCUT2D eigenvalue weighted by Gasteiger charge is 2.23. The van der Waals surface area contributed by atoms with Crippen molar-refractivity contribution in [3.8, 4) is 11.5 Å². The van der Waals surface area contributed by atoms with Crippen molar-refractivity contribution in [3.05, 3.63) is 59.7 Å². The maximum atomic E-state index is 9.30. The van der Waals surface area contributed by atoms with Gasteiger partial charge in [-0.1, -0.05) is 122 Å². The quantitative estimate of drug-likeness (QED) is 0.0788. The highest BCUT2D eigenvalue weighted by molar-refractivity contribution is 6.18. The van der Waals surface area contributed by atoms with Crippen LogP contribution < -0.4 is 5.73 Å². The first kappa shape index (κ1) is 42.2. The van der Waals surface area contributed by atoms with Crippen LogP contribution in [0.3, 0.4) is 0 Å². The molecule has 2 aliphatic heterocycles. The zero-order valence-corrected chi connectivity index (χ0v) is 30.6. The van der Waals surface area contributed by atoms with Crippen LogP contribution in [-0.2, 0) is 14.9 Å². The van der Waals surface area contributed by atoms with E-state index in [1.165, 1.54) is 83.5 Å². The Morgan fingerprint density at radius 3 is 1.37 bits per heavy atom. The number of unbranched alkanes of at least 4 members (excludes halogenated alkanes) is 11. The fraction of sp³-hybridized carbons (Fsp3) is 0.692. The molecule has 4 N–H and O–H groups in total. The molecule has 4 rings (SSSR count). The third-order valence-corrected chi connectivity index (χ3v) is 8.69. The lowest BCUT2D eigenvalue weighted by Crippen LogP contribution is -2.18. The highest BCUT2D eigenvalue weighted by atomic mass is 35.5. The van der Waals surface area contributed by atoms with Gasteiger partial charge < -0.3 is 30.3 Å². The molecule has 0 amide bonds. The molecule has 2 aromatic carbocycles. The van der Waals surface area contributed by atoms with Gasteiger partial charge in [0.25, 0.3) is 0 Å². The summed E-state index contributed by atoms with van der Waals surface area (Å²) in [5, 5.41) is 18.6. The zero-order valence-electron chi connectivity index (χ0n) is 29.8. The van der Waals surface area contributed by atoms with Crippen LogP contribution in [0.2, 0.25) is 0 Å². The van der Waals surface area contributed by atoms with Crippen molar-refractivity contribution in [3.63, 3.8) is 0 Å². The molecule has 2 heterocycles. The van der Waals surface area contributed by atoms with E-state index >= 15 is 0 Å². The van der Waals surface area contributed by atoms with Gasteiger partial charge in [0.05, 0.1) is 31.3 Å². The number of hydrogen-bond donors (Lipinski definition) is 3. The largest absolute Gasteiger partial charge is 0.508 e. The van der Waals surface area contributed by atoms with E-state index in [9.17, 15) is 10.2 Å². The lowest BCUT2D eigenvalue weighted by molar-refractivity contribution is 0.387. The smallest absolute Gasteiger partial charge is 0.115 e. The lowest BCUT2D eigenvalue weighted by atomic mass is 9.78. The molecule has 0 aromatic heterocycles. The maximum Gasteiger partial charge on any atom is 0.115 e. The Morgan fingerprint density at radius 2 is 1.09 bits per heavy atom. The van der Waals surface area contributed by atoms with Crippen LogP contribution in [-0.4, -0.2) is 73.6 Å². The molecule has 264 valence electrons. The van der Waals surface area contributed by atoms with Crippen molar-refractivity contribution >= 4 is 11.6 Å². The molecule has 46 heavy (non-hydrogen) atoms. The van der Waals surface area contributed by atoms with Crippen LogP contribution >= 0.6 is 11.6 Å². The molecule has 0 saturated carbocycles. The first-order valence-corrected chi connectivity index (χ1v) is 18.4.